The molecule has 1 aliphatic carbocycles. The van der Waals surface area contributed by atoms with Crippen molar-refractivity contribution in [3.05, 3.63) is 29.5 Å². The molecule has 1 aliphatic rings. The summed E-state index contributed by atoms with van der Waals surface area (Å²) in [4.78, 5) is 40.2. The van der Waals surface area contributed by atoms with Crippen molar-refractivity contribution >= 4 is 34.5 Å². The molecule has 0 bridgehead atoms. The maximum atomic E-state index is 12.5. The van der Waals surface area contributed by atoms with Crippen molar-refractivity contribution < 1.29 is 33.3 Å². The van der Waals surface area contributed by atoms with Gasteiger partial charge in [0.05, 0.1) is 28.9 Å². The Labute approximate surface area is 186 Å². The summed E-state index contributed by atoms with van der Waals surface area (Å²) in [6, 6.07) is 5.25. The summed E-state index contributed by atoms with van der Waals surface area (Å²) in [5, 5.41) is 0.470. The van der Waals surface area contributed by atoms with E-state index >= 15 is 0 Å². The number of esters is 3. The number of nitrogens with two attached hydrogens (primary N) is 1. The summed E-state index contributed by atoms with van der Waals surface area (Å²) < 4.78 is 22.3. The van der Waals surface area contributed by atoms with E-state index < -0.39 is 36.2 Å². The van der Waals surface area contributed by atoms with E-state index in [4.69, 9.17) is 24.7 Å². The van der Waals surface area contributed by atoms with E-state index in [-0.39, 0.29) is 17.9 Å². The fourth-order valence-corrected chi connectivity index (χ4v) is 4.06. The number of benzene rings is 1. The lowest BCUT2D eigenvalue weighted by atomic mass is 9.91. The molecule has 1 fully saturated rings. The molecule has 0 amide bonds. The number of aromatic nitrogens is 1. The third-order valence-corrected chi connectivity index (χ3v) is 5.28. The first-order valence-electron chi connectivity index (χ1n) is 10.6. The molecule has 3 atom stereocenters. The summed E-state index contributed by atoms with van der Waals surface area (Å²) in [6.07, 6.45) is -0.109. The Morgan fingerprint density at radius 3 is 2.44 bits per heavy atom. The van der Waals surface area contributed by atoms with Crippen LogP contribution in [0.5, 0.6) is 5.75 Å². The number of pyridine rings is 1. The quantitative estimate of drug-likeness (QED) is 0.528. The molecule has 172 valence electrons. The minimum Gasteiger partial charge on any atom is -0.486 e. The van der Waals surface area contributed by atoms with E-state index in [1.807, 2.05) is 0 Å². The molecule has 0 spiro atoms. The van der Waals surface area contributed by atoms with Gasteiger partial charge in [0.2, 0.25) is 0 Å². The van der Waals surface area contributed by atoms with Crippen LogP contribution >= 0.6 is 0 Å². The fourth-order valence-electron chi connectivity index (χ4n) is 4.06. The summed E-state index contributed by atoms with van der Waals surface area (Å²) in [5.41, 5.74) is 7.80. The fraction of sp³-hybridized carbons (Fsp3) is 0.478. The minimum absolute atomic E-state index is 0.188. The van der Waals surface area contributed by atoms with Gasteiger partial charge in [0.25, 0.3) is 0 Å². The number of anilines is 1. The second-order valence-electron chi connectivity index (χ2n) is 7.67. The number of nitrogens with zero attached hydrogens (tertiary/aromatic N) is 1. The number of hydrogen-bond donors (Lipinski definition) is 1. The Kier molecular flexibility index (Phi) is 7.17. The maximum absolute atomic E-state index is 12.5. The average Bonchev–Trinajstić information content (AvgIpc) is 2.69. The van der Waals surface area contributed by atoms with Crippen molar-refractivity contribution in [2.24, 2.45) is 0 Å². The Bertz CT molecular complexity index is 1040. The number of aryl methyl sites for hydroxylation is 1. The van der Waals surface area contributed by atoms with Gasteiger partial charge in [0.1, 0.15) is 23.5 Å². The van der Waals surface area contributed by atoms with Crippen LogP contribution in [0.4, 0.5) is 5.69 Å². The van der Waals surface area contributed by atoms with Crippen LogP contribution < -0.4 is 10.5 Å². The number of nitrogen functional groups attached to an aromatic ring is 1. The number of ether oxygens (including phenoxy) is 4. The normalized spacial score (nSPS) is 20.4. The van der Waals surface area contributed by atoms with Crippen molar-refractivity contribution in [2.75, 3.05) is 12.3 Å². The van der Waals surface area contributed by atoms with Crippen LogP contribution in [-0.2, 0) is 23.8 Å². The molecule has 0 saturated heterocycles. The molecule has 9 nitrogen and oxygen atoms in total. The number of hydrogen-bond acceptors (Lipinski definition) is 9. The molecule has 3 rings (SSSR count). The van der Waals surface area contributed by atoms with Crippen LogP contribution in [0.2, 0.25) is 0 Å². The summed E-state index contributed by atoms with van der Waals surface area (Å²) in [5.74, 6) is -1.12. The zero-order valence-corrected chi connectivity index (χ0v) is 18.7. The van der Waals surface area contributed by atoms with E-state index in [9.17, 15) is 14.4 Å². The standard InChI is InChI=1S/C23H28N2O7/c1-5-29-23(28)19-12(2)25-15-8-6-9-16(20(15)21(19)24)32-18-11-7-10-17(30-13(3)26)22(18)31-14(4)27/h6,8-9,17-18,22H,5,7,10-11H2,1-4H3,(H2,24,25). The van der Waals surface area contributed by atoms with Crippen LogP contribution in [0.1, 0.15) is 56.1 Å². The van der Waals surface area contributed by atoms with Gasteiger partial charge in [-0.05, 0) is 45.2 Å². The molecule has 2 N–H and O–H groups in total. The van der Waals surface area contributed by atoms with E-state index in [1.165, 1.54) is 13.8 Å². The zero-order valence-electron chi connectivity index (χ0n) is 18.7. The first kappa shape index (κ1) is 23.3. The van der Waals surface area contributed by atoms with Crippen LogP contribution in [0.15, 0.2) is 18.2 Å². The molecule has 0 radical (unpaired) electrons. The van der Waals surface area contributed by atoms with Gasteiger partial charge >= 0.3 is 17.9 Å². The molecule has 1 aromatic heterocycles. The van der Waals surface area contributed by atoms with Crippen LogP contribution in [-0.4, -0.2) is 47.8 Å². The minimum atomic E-state index is -0.774. The lowest BCUT2D eigenvalue weighted by Gasteiger charge is -2.36. The van der Waals surface area contributed by atoms with Gasteiger partial charge < -0.3 is 24.7 Å². The topological polar surface area (TPSA) is 127 Å². The van der Waals surface area contributed by atoms with E-state index in [2.05, 4.69) is 4.98 Å². The van der Waals surface area contributed by atoms with Crippen LogP contribution in [0.25, 0.3) is 10.9 Å². The van der Waals surface area contributed by atoms with Gasteiger partial charge in [-0.3, -0.25) is 14.6 Å². The number of carbonyl (C=O) groups is 3. The number of fused-ring (bicyclic) bond motifs is 1. The van der Waals surface area contributed by atoms with Gasteiger partial charge in [-0.25, -0.2) is 4.79 Å². The smallest absolute Gasteiger partial charge is 0.342 e. The van der Waals surface area contributed by atoms with Crippen molar-refractivity contribution in [1.82, 2.24) is 4.98 Å². The highest BCUT2D eigenvalue weighted by Gasteiger charge is 2.40. The van der Waals surface area contributed by atoms with Gasteiger partial charge in [-0.15, -0.1) is 0 Å². The Morgan fingerprint density at radius 2 is 1.78 bits per heavy atom. The highest BCUT2D eigenvalue weighted by molar-refractivity contribution is 6.07. The van der Waals surface area contributed by atoms with Gasteiger partial charge in [0, 0.05) is 13.8 Å². The molecular weight excluding hydrogens is 416 g/mol. The van der Waals surface area contributed by atoms with Crippen molar-refractivity contribution in [2.45, 2.75) is 65.3 Å². The molecule has 9 heteroatoms. The highest BCUT2D eigenvalue weighted by atomic mass is 16.6. The maximum Gasteiger partial charge on any atom is 0.342 e. The van der Waals surface area contributed by atoms with Crippen molar-refractivity contribution in [1.29, 1.82) is 0 Å². The summed E-state index contributed by atoms with van der Waals surface area (Å²) in [6.45, 7) is 6.22. The van der Waals surface area contributed by atoms with Crippen molar-refractivity contribution in [3.63, 3.8) is 0 Å². The predicted octanol–water partition coefficient (Wildman–Crippen LogP) is 3.10. The molecule has 32 heavy (non-hydrogen) atoms. The molecule has 2 aromatic rings. The Balaban J connectivity index is 2.03. The summed E-state index contributed by atoms with van der Waals surface area (Å²) >= 11 is 0. The lowest BCUT2D eigenvalue weighted by Crippen LogP contribution is -2.48. The second kappa shape index (κ2) is 9.84. The van der Waals surface area contributed by atoms with Crippen LogP contribution in [0, 0.1) is 6.92 Å². The molecule has 0 aliphatic heterocycles. The zero-order chi connectivity index (χ0) is 23.4. The summed E-state index contributed by atoms with van der Waals surface area (Å²) in [7, 11) is 0. The highest BCUT2D eigenvalue weighted by Crippen LogP contribution is 2.36. The number of carbonyl (C=O) groups excluding carboxylic acids is 3. The monoisotopic (exact) mass is 444 g/mol. The molecule has 1 heterocycles. The van der Waals surface area contributed by atoms with E-state index in [1.54, 1.807) is 32.0 Å². The third-order valence-electron chi connectivity index (χ3n) is 5.28. The van der Waals surface area contributed by atoms with Gasteiger partial charge in [-0.1, -0.05) is 6.07 Å². The third kappa shape index (κ3) is 4.92. The SMILES string of the molecule is CCOC(=O)c1c(C)nc2cccc(OC3CCCC(OC(C)=O)C3OC(C)=O)c2c1N. The van der Waals surface area contributed by atoms with Crippen LogP contribution in [0.3, 0.4) is 0 Å². The lowest BCUT2D eigenvalue weighted by molar-refractivity contribution is -0.178. The molecule has 1 saturated carbocycles. The second-order valence-corrected chi connectivity index (χ2v) is 7.67. The first-order valence-corrected chi connectivity index (χ1v) is 10.6. The largest absolute Gasteiger partial charge is 0.486 e. The predicted molar refractivity (Wildman–Crippen MR) is 116 cm³/mol. The van der Waals surface area contributed by atoms with E-state index in [0.29, 0.717) is 41.6 Å². The average molecular weight is 444 g/mol. The Morgan fingerprint density at radius 1 is 1.09 bits per heavy atom. The first-order chi connectivity index (χ1) is 15.2. The Hall–Kier alpha value is -3.36. The molecular formula is C23H28N2O7. The van der Waals surface area contributed by atoms with E-state index in [0.717, 1.165) is 0 Å². The van der Waals surface area contributed by atoms with Gasteiger partial charge in [0.15, 0.2) is 6.10 Å². The molecule has 3 unspecified atom stereocenters. The van der Waals surface area contributed by atoms with Gasteiger partial charge in [-0.2, -0.15) is 0 Å². The van der Waals surface area contributed by atoms with Crippen molar-refractivity contribution in [3.8, 4) is 5.75 Å². The number of rotatable bonds is 6. The molecule has 1 aromatic carbocycles.